The van der Waals surface area contributed by atoms with Crippen LogP contribution in [0.3, 0.4) is 0 Å². The third-order valence-corrected chi connectivity index (χ3v) is 6.61. The van der Waals surface area contributed by atoms with E-state index in [2.05, 4.69) is 23.8 Å². The molecule has 1 aliphatic carbocycles. The highest BCUT2D eigenvalue weighted by Crippen LogP contribution is 2.52. The number of hydrogen-bond acceptors (Lipinski definition) is 3. The molecule has 0 spiro atoms. The van der Waals surface area contributed by atoms with Crippen molar-refractivity contribution in [1.29, 1.82) is 0 Å². The van der Waals surface area contributed by atoms with Gasteiger partial charge in [0.05, 0.1) is 0 Å². The molecule has 136 valence electrons. The van der Waals surface area contributed by atoms with Gasteiger partial charge in [-0.15, -0.1) is 0 Å². The van der Waals surface area contributed by atoms with Gasteiger partial charge >= 0.3 is 0 Å². The Balaban J connectivity index is 1.52. The van der Waals surface area contributed by atoms with Crippen LogP contribution in [0.1, 0.15) is 39.0 Å². The molecule has 0 radical (unpaired) electrons. The smallest absolute Gasteiger partial charge is 0.261 e. The Kier molecular flexibility index (Phi) is 4.22. The molecule has 4 atom stereocenters. The summed E-state index contributed by atoms with van der Waals surface area (Å²) >= 11 is 0. The second-order valence-corrected chi connectivity index (χ2v) is 8.17. The van der Waals surface area contributed by atoms with E-state index in [9.17, 15) is 9.18 Å². The van der Waals surface area contributed by atoms with Crippen LogP contribution in [0.2, 0.25) is 0 Å². The van der Waals surface area contributed by atoms with E-state index in [1.807, 2.05) is 0 Å². The van der Waals surface area contributed by atoms with Gasteiger partial charge in [-0.05, 0) is 38.4 Å². The summed E-state index contributed by atoms with van der Waals surface area (Å²) in [5.74, 6) is 0.110. The molecule has 1 aromatic rings. The first-order valence-electron chi connectivity index (χ1n) is 9.39. The van der Waals surface area contributed by atoms with Crippen molar-refractivity contribution in [3.63, 3.8) is 0 Å². The lowest BCUT2D eigenvalue weighted by atomic mass is 9.71. The first-order valence-corrected chi connectivity index (χ1v) is 9.39. The summed E-state index contributed by atoms with van der Waals surface area (Å²) in [7, 11) is 2.20. The summed E-state index contributed by atoms with van der Waals surface area (Å²) in [4.78, 5) is 17.6. The Hall–Kier alpha value is -1.62. The summed E-state index contributed by atoms with van der Waals surface area (Å²) < 4.78 is 18.9. The normalized spacial score (nSPS) is 34.7. The zero-order valence-electron chi connectivity index (χ0n) is 15.1. The summed E-state index contributed by atoms with van der Waals surface area (Å²) in [6.07, 6.45) is 5.85. The lowest BCUT2D eigenvalue weighted by Crippen LogP contribution is -2.51. The van der Waals surface area contributed by atoms with Crippen molar-refractivity contribution in [2.75, 3.05) is 20.2 Å². The topological polar surface area (TPSA) is 32.8 Å². The van der Waals surface area contributed by atoms with Crippen LogP contribution in [-0.2, 0) is 4.79 Å². The molecule has 1 saturated carbocycles. The maximum Gasteiger partial charge on any atom is 0.261 e. The van der Waals surface area contributed by atoms with Crippen LogP contribution in [0, 0.1) is 11.2 Å². The number of carbonyl (C=O) groups is 1. The number of rotatable bonds is 3. The quantitative estimate of drug-likeness (QED) is 0.843. The Bertz CT molecular complexity index is 667. The molecule has 3 aliphatic rings. The molecule has 25 heavy (non-hydrogen) atoms. The maximum atomic E-state index is 13.3. The van der Waals surface area contributed by atoms with Crippen LogP contribution in [0.4, 0.5) is 4.39 Å². The zero-order valence-corrected chi connectivity index (χ0v) is 15.1. The highest BCUT2D eigenvalue weighted by molar-refractivity contribution is 5.79. The number of likely N-dealkylation sites (N-methyl/N-ethyl adjacent to an activating group) is 1. The molecule has 0 aromatic heterocycles. The summed E-state index contributed by atoms with van der Waals surface area (Å²) in [6.45, 7) is 3.31. The summed E-state index contributed by atoms with van der Waals surface area (Å²) in [6, 6.07) is 7.14. The van der Waals surface area contributed by atoms with Gasteiger partial charge in [0.15, 0.2) is 6.61 Å². The second kappa shape index (κ2) is 6.27. The fourth-order valence-electron chi connectivity index (χ4n) is 5.64. The van der Waals surface area contributed by atoms with Crippen LogP contribution < -0.4 is 4.74 Å². The Morgan fingerprint density at radius 1 is 1.32 bits per heavy atom. The minimum absolute atomic E-state index is 0.0130. The highest BCUT2D eigenvalue weighted by atomic mass is 19.1. The molecule has 4 nitrogen and oxygen atoms in total. The van der Waals surface area contributed by atoms with Crippen molar-refractivity contribution in [3.8, 4) is 5.75 Å². The Morgan fingerprint density at radius 2 is 2.08 bits per heavy atom. The van der Waals surface area contributed by atoms with Crippen molar-refractivity contribution >= 4 is 5.91 Å². The number of benzene rings is 1. The van der Waals surface area contributed by atoms with Crippen LogP contribution in [0.25, 0.3) is 0 Å². The largest absolute Gasteiger partial charge is 0.484 e. The first-order chi connectivity index (χ1) is 12.0. The van der Waals surface area contributed by atoms with Gasteiger partial charge < -0.3 is 14.5 Å². The van der Waals surface area contributed by atoms with Gasteiger partial charge in [-0.25, -0.2) is 4.39 Å². The van der Waals surface area contributed by atoms with E-state index < -0.39 is 0 Å². The predicted octanol–water partition coefficient (Wildman–Crippen LogP) is 3.07. The van der Waals surface area contributed by atoms with Gasteiger partial charge in [0.25, 0.3) is 5.91 Å². The van der Waals surface area contributed by atoms with Gasteiger partial charge in [0, 0.05) is 36.2 Å². The lowest BCUT2D eigenvalue weighted by Gasteiger charge is -2.44. The van der Waals surface area contributed by atoms with Crippen molar-refractivity contribution in [2.45, 2.75) is 57.2 Å². The van der Waals surface area contributed by atoms with Crippen molar-refractivity contribution < 1.29 is 13.9 Å². The van der Waals surface area contributed by atoms with Gasteiger partial charge in [-0.3, -0.25) is 4.79 Å². The molecule has 2 bridgehead atoms. The van der Waals surface area contributed by atoms with Crippen molar-refractivity contribution in [1.82, 2.24) is 9.80 Å². The average molecular weight is 346 g/mol. The van der Waals surface area contributed by atoms with E-state index in [1.165, 1.54) is 31.4 Å². The number of fused-ring (bicyclic) bond motifs is 1. The van der Waals surface area contributed by atoms with Crippen molar-refractivity contribution in [2.24, 2.45) is 5.41 Å². The number of piperidine rings is 1. The molecule has 0 unspecified atom stereocenters. The second-order valence-electron chi connectivity index (χ2n) is 8.17. The van der Waals surface area contributed by atoms with Crippen LogP contribution in [0.15, 0.2) is 24.3 Å². The molecular formula is C20H27FN2O2. The fraction of sp³-hybridized carbons (Fsp3) is 0.650. The van der Waals surface area contributed by atoms with E-state index in [0.717, 1.165) is 19.4 Å². The monoisotopic (exact) mass is 346 g/mol. The van der Waals surface area contributed by atoms with E-state index in [4.69, 9.17) is 4.74 Å². The summed E-state index contributed by atoms with van der Waals surface area (Å²) in [5.41, 5.74) is 0.183. The molecule has 1 amide bonds. The summed E-state index contributed by atoms with van der Waals surface area (Å²) in [5, 5.41) is 0. The standard InChI is InChI=1S/C20H27FN2O2/c1-20-11-15-12-22(2)17(20)8-3-4-9-18(20)23(15)19(24)13-25-16-7-5-6-14(21)10-16/h5-7,10,15,17-18H,3-4,8-9,11-13H2,1-2H3/t15-,17+,18-,20+/m0/s1. The lowest BCUT2D eigenvalue weighted by molar-refractivity contribution is -0.136. The molecule has 2 heterocycles. The minimum Gasteiger partial charge on any atom is -0.484 e. The van der Waals surface area contributed by atoms with E-state index in [-0.39, 0.29) is 29.8 Å². The van der Waals surface area contributed by atoms with Crippen LogP contribution >= 0.6 is 0 Å². The van der Waals surface area contributed by atoms with Gasteiger partial charge in [0.2, 0.25) is 0 Å². The molecular weight excluding hydrogens is 319 g/mol. The molecule has 3 fully saturated rings. The molecule has 0 N–H and O–H groups in total. The third kappa shape index (κ3) is 2.82. The maximum absolute atomic E-state index is 13.3. The van der Waals surface area contributed by atoms with Gasteiger partial charge in [-0.2, -0.15) is 0 Å². The van der Waals surface area contributed by atoms with Crippen LogP contribution in [0.5, 0.6) is 5.75 Å². The van der Waals surface area contributed by atoms with Crippen LogP contribution in [-0.4, -0.2) is 54.0 Å². The fourth-order valence-corrected chi connectivity index (χ4v) is 5.64. The van der Waals surface area contributed by atoms with E-state index in [1.54, 1.807) is 12.1 Å². The number of likely N-dealkylation sites (tertiary alicyclic amines) is 2. The SMILES string of the molecule is CN1C[C@@H]2C[C@@]3(C)[C@H](CCCC[C@@H]13)N2C(=O)COc1cccc(F)c1. The number of amides is 1. The Morgan fingerprint density at radius 3 is 2.84 bits per heavy atom. The van der Waals surface area contributed by atoms with Gasteiger partial charge in [-0.1, -0.05) is 25.8 Å². The first kappa shape index (κ1) is 16.8. The third-order valence-electron chi connectivity index (χ3n) is 6.61. The number of hydrogen-bond donors (Lipinski definition) is 0. The van der Waals surface area contributed by atoms with E-state index in [0.29, 0.717) is 17.8 Å². The zero-order chi connectivity index (χ0) is 17.6. The molecule has 5 heteroatoms. The molecule has 2 saturated heterocycles. The van der Waals surface area contributed by atoms with Crippen molar-refractivity contribution in [3.05, 3.63) is 30.1 Å². The molecule has 4 rings (SSSR count). The molecule has 1 aromatic carbocycles. The van der Waals surface area contributed by atoms with Gasteiger partial charge in [0.1, 0.15) is 11.6 Å². The Labute approximate surface area is 148 Å². The van der Waals surface area contributed by atoms with E-state index >= 15 is 0 Å². The number of carbonyl (C=O) groups excluding carboxylic acids is 1. The number of nitrogens with zero attached hydrogens (tertiary/aromatic N) is 2. The highest BCUT2D eigenvalue weighted by Gasteiger charge is 2.58. The minimum atomic E-state index is -0.345. The molecule has 2 aliphatic heterocycles. The predicted molar refractivity (Wildman–Crippen MR) is 93.9 cm³/mol. The average Bonchev–Trinajstić information content (AvgIpc) is 2.69. The number of halogens is 1. The number of ether oxygens (including phenoxy) is 1.